The molecule has 0 saturated carbocycles. The number of hydrogen-bond acceptors (Lipinski definition) is 17. The van der Waals surface area contributed by atoms with Gasteiger partial charge < -0.3 is 30.7 Å². The van der Waals surface area contributed by atoms with Gasteiger partial charge in [-0.25, -0.2) is 30.0 Å². The minimum Gasteiger partial charge on any atom is -0.747 e. The van der Waals surface area contributed by atoms with Crippen LogP contribution in [0.1, 0.15) is 0 Å². The molecule has 2 aromatic carbocycles. The van der Waals surface area contributed by atoms with Gasteiger partial charge in [0.25, 0.3) is 0 Å². The van der Waals surface area contributed by atoms with Crippen LogP contribution in [-0.2, 0) is 43.6 Å². The molecule has 25 heteroatoms. The van der Waals surface area contributed by atoms with E-state index in [1.165, 1.54) is 12.1 Å². The molecule has 0 aliphatic heterocycles. The number of nitrogens with zero attached hydrogens (tertiary/aromatic N) is 2. The van der Waals surface area contributed by atoms with Gasteiger partial charge in [0.1, 0.15) is 37.5 Å². The van der Waals surface area contributed by atoms with E-state index in [4.69, 9.17) is 5.73 Å². The molecule has 0 aromatic heterocycles. The number of azo groups is 1. The van der Waals surface area contributed by atoms with Crippen LogP contribution < -0.4 is 110 Å². The second-order valence-corrected chi connectivity index (χ2v) is 12.1. The van der Waals surface area contributed by atoms with Crippen molar-refractivity contribution < 1.29 is 147 Å². The molecule has 41 heavy (non-hydrogen) atoms. The summed E-state index contributed by atoms with van der Waals surface area (Å²) < 4.78 is 101. The van der Waals surface area contributed by atoms with Crippen LogP contribution in [0, 0.1) is 0 Å². The molecular weight excluding hydrogens is 667 g/mol. The maximum Gasteiger partial charge on any atom is 1.00 e. The minimum atomic E-state index is -5.27. The van der Waals surface area contributed by atoms with Crippen LogP contribution in [0.5, 0.6) is 0 Å². The summed E-state index contributed by atoms with van der Waals surface area (Å²) in [6.07, 6.45) is 0. The van der Waals surface area contributed by atoms with Gasteiger partial charge in [0.05, 0.1) is 27.8 Å². The Hall–Kier alpha value is 0.0700. The van der Waals surface area contributed by atoms with Crippen molar-refractivity contribution in [1.29, 1.82) is 0 Å². The number of anilines is 2. The topological polar surface area (TPSA) is 291 Å². The van der Waals surface area contributed by atoms with Crippen LogP contribution in [0.4, 0.5) is 27.5 Å². The monoisotopic (exact) mass is 683 g/mol. The van der Waals surface area contributed by atoms with Crippen molar-refractivity contribution in [1.82, 2.24) is 0 Å². The van der Waals surface area contributed by atoms with Gasteiger partial charge in [-0.3, -0.25) is 9.22 Å². The molecule has 2 amide bonds. The number of carbonyl (C=O) groups excluding carboxylic acids is 1. The number of hydrogen-bond donors (Lipinski definition) is 3. The molecule has 0 aliphatic rings. The van der Waals surface area contributed by atoms with E-state index >= 15 is 0 Å². The number of urea groups is 1. The van der Waals surface area contributed by atoms with Crippen LogP contribution in [0.3, 0.4) is 0 Å². The molecule has 0 unspecified atom stereocenters. The van der Waals surface area contributed by atoms with Gasteiger partial charge in [0.2, 0.25) is 0 Å². The molecule has 0 aliphatic carbocycles. The summed E-state index contributed by atoms with van der Waals surface area (Å²) in [5.41, 5.74) is 4.29. The third kappa shape index (κ3) is 15.6. The summed E-state index contributed by atoms with van der Waals surface area (Å²) in [5, 5.41) is 24.5. The largest absolute Gasteiger partial charge is 1.00 e. The zero-order valence-electron chi connectivity index (χ0n) is 21.5. The van der Waals surface area contributed by atoms with Gasteiger partial charge in [-0.05, 0) is 36.4 Å². The van der Waals surface area contributed by atoms with E-state index in [2.05, 4.69) is 34.4 Å². The van der Waals surface area contributed by atoms with E-state index in [0.717, 1.165) is 18.2 Å². The van der Waals surface area contributed by atoms with Gasteiger partial charge in [0.15, 0.2) is 22.2 Å². The van der Waals surface area contributed by atoms with E-state index in [1.54, 1.807) is 0 Å². The molecule has 0 fully saturated rings. The first-order valence-corrected chi connectivity index (χ1v) is 14.8. The molecule has 0 radical (unpaired) electrons. The quantitative estimate of drug-likeness (QED) is 0.0317. The maximum atomic E-state index is 12.4. The smallest absolute Gasteiger partial charge is 0.747 e. The van der Waals surface area contributed by atoms with Crippen molar-refractivity contribution in [3.8, 4) is 0 Å². The number of sulfone groups is 1. The SMILES string of the molecule is NC(=O)Nc1cc(NCS(=O)(=O)[O-])ccc1N=Nc1ccc(S(=O)(=O)CCOSOO[O-])cc1S(=O)(=O)[O-].[Na+].[Na+].[Na+]. The maximum absolute atomic E-state index is 12.4. The predicted octanol–water partition coefficient (Wildman–Crippen LogP) is -9.00. The van der Waals surface area contributed by atoms with Gasteiger partial charge in [-0.1, -0.05) is 0 Å². The van der Waals surface area contributed by atoms with E-state index < -0.39 is 69.8 Å². The molecule has 0 saturated heterocycles. The standard InChI is InChI=1S/C16H19N5O13S4.3Na/c17-16(22)19-14-7-10(18-9-37(26,27)28)1-3-12(14)20-21-13-4-2-11(8-15(13)38(29,30)31)36(24,25)6-5-32-35-34-33-23;;;/h1-4,7-8,18,23H,5-6,9H2,(H3,17,19,22)(H,26,27,28)(H,29,30,31);;;/q;3*+1/p-3. The summed E-state index contributed by atoms with van der Waals surface area (Å²) >= 11 is 0.0616. The average Bonchev–Trinajstić information content (AvgIpc) is 2.80. The fraction of sp³-hybridized carbons (Fsp3) is 0.188. The summed E-state index contributed by atoms with van der Waals surface area (Å²) in [6.45, 7) is -0.501. The Morgan fingerprint density at radius 2 is 1.56 bits per heavy atom. The number of rotatable bonds is 14. The van der Waals surface area contributed by atoms with Crippen LogP contribution in [0.25, 0.3) is 0 Å². The number of primary amides is 1. The predicted molar refractivity (Wildman–Crippen MR) is 124 cm³/mol. The number of benzene rings is 2. The van der Waals surface area contributed by atoms with Crippen LogP contribution in [0.15, 0.2) is 56.4 Å². The Balaban J connectivity index is 0. The minimum absolute atomic E-state index is 0. The second kappa shape index (κ2) is 19.5. The first kappa shape index (κ1) is 43.2. The number of carbonyl (C=O) groups is 1. The fourth-order valence-corrected chi connectivity index (χ4v) is 5.03. The van der Waals surface area contributed by atoms with E-state index in [1.807, 2.05) is 0 Å². The van der Waals surface area contributed by atoms with Crippen molar-refractivity contribution in [3.05, 3.63) is 36.4 Å². The summed E-state index contributed by atoms with van der Waals surface area (Å²) in [4.78, 5) is 9.72. The van der Waals surface area contributed by atoms with Gasteiger partial charge in [-0.2, -0.15) is 0 Å². The molecule has 2 aromatic rings. The van der Waals surface area contributed by atoms with Crippen molar-refractivity contribution >= 4 is 71.2 Å². The van der Waals surface area contributed by atoms with Crippen LogP contribution >= 0.6 is 12.3 Å². The van der Waals surface area contributed by atoms with E-state index in [0.29, 0.717) is 6.07 Å². The van der Waals surface area contributed by atoms with E-state index in [-0.39, 0.29) is 118 Å². The Kier molecular flexibility index (Phi) is 20.5. The third-order valence-corrected chi connectivity index (χ3v) is 7.49. The van der Waals surface area contributed by atoms with Crippen LogP contribution in [-0.4, -0.2) is 58.6 Å². The molecular formula is C16H16N5Na3O13S4. The zero-order valence-corrected chi connectivity index (χ0v) is 30.8. The molecule has 0 atom stereocenters. The molecule has 0 spiro atoms. The molecule has 2 rings (SSSR count). The van der Waals surface area contributed by atoms with Gasteiger partial charge >= 0.3 is 94.7 Å². The summed E-state index contributed by atoms with van der Waals surface area (Å²) in [6, 6.07) is 4.89. The summed E-state index contributed by atoms with van der Waals surface area (Å²) in [5.74, 6) is -1.67. The van der Waals surface area contributed by atoms with Crippen molar-refractivity contribution in [2.24, 2.45) is 16.0 Å². The molecule has 210 valence electrons. The first-order valence-electron chi connectivity index (χ1n) is 9.49. The first-order chi connectivity index (χ1) is 17.6. The molecule has 0 bridgehead atoms. The van der Waals surface area contributed by atoms with E-state index in [9.17, 15) is 44.4 Å². The Bertz CT molecular complexity index is 1530. The Morgan fingerprint density at radius 3 is 2.12 bits per heavy atom. The molecule has 4 N–H and O–H groups in total. The molecule has 0 heterocycles. The third-order valence-electron chi connectivity index (χ3n) is 4.07. The second-order valence-electron chi connectivity index (χ2n) is 6.73. The normalized spacial score (nSPS) is 11.6. The van der Waals surface area contributed by atoms with Gasteiger partial charge in [-0.15, -0.1) is 14.6 Å². The Morgan fingerprint density at radius 1 is 0.951 bits per heavy atom. The Labute approximate surface area is 305 Å². The molecule has 18 nitrogen and oxygen atoms in total. The van der Waals surface area contributed by atoms with Gasteiger partial charge in [0, 0.05) is 5.69 Å². The fourth-order valence-electron chi connectivity index (χ4n) is 2.54. The van der Waals surface area contributed by atoms with Crippen molar-refractivity contribution in [2.75, 3.05) is 28.9 Å². The summed E-state index contributed by atoms with van der Waals surface area (Å²) in [7, 11) is -14.1. The van der Waals surface area contributed by atoms with Crippen LogP contribution in [0.2, 0.25) is 0 Å². The zero-order chi connectivity index (χ0) is 28.6. The average molecular weight is 684 g/mol. The number of nitrogens with two attached hydrogens (primary N) is 1. The number of amides is 2. The number of nitrogens with one attached hydrogen (secondary N) is 2. The van der Waals surface area contributed by atoms with Crippen molar-refractivity contribution in [2.45, 2.75) is 9.79 Å². The van der Waals surface area contributed by atoms with Crippen molar-refractivity contribution in [3.63, 3.8) is 0 Å².